The molecule has 0 saturated heterocycles. The number of carboxylic acid groups (broad SMARTS) is 1. The van der Waals surface area contributed by atoms with Crippen LogP contribution in [-0.2, 0) is 27.2 Å². The van der Waals surface area contributed by atoms with Crippen molar-refractivity contribution in [1.29, 1.82) is 0 Å². The topological polar surface area (TPSA) is 105 Å². The van der Waals surface area contributed by atoms with Gasteiger partial charge in [0.05, 0.1) is 0 Å². The lowest BCUT2D eigenvalue weighted by Gasteiger charge is -2.11. The molecular weight excluding hydrogens is 444 g/mol. The highest BCUT2D eigenvalue weighted by molar-refractivity contribution is 6.21. The van der Waals surface area contributed by atoms with Crippen LogP contribution in [0.5, 0.6) is 5.75 Å². The lowest BCUT2D eigenvalue weighted by atomic mass is 10.1. The van der Waals surface area contributed by atoms with Crippen molar-refractivity contribution in [3.05, 3.63) is 107 Å². The number of carboxylic acids is 1. The van der Waals surface area contributed by atoms with Crippen LogP contribution in [0, 0.1) is 0 Å². The van der Waals surface area contributed by atoms with Gasteiger partial charge in [0.25, 0.3) is 11.8 Å². The van der Waals surface area contributed by atoms with Crippen molar-refractivity contribution in [3.63, 3.8) is 0 Å². The minimum atomic E-state index is -1.07. The van der Waals surface area contributed by atoms with Crippen molar-refractivity contribution in [1.82, 2.24) is 10.6 Å². The second-order valence-electron chi connectivity index (χ2n) is 7.79. The average molecular weight is 473 g/mol. The van der Waals surface area contributed by atoms with Gasteiger partial charge in [-0.2, -0.15) is 0 Å². The molecule has 0 spiro atoms. The molecule has 180 valence electrons. The van der Waals surface area contributed by atoms with Gasteiger partial charge < -0.3 is 20.5 Å². The Hall–Kier alpha value is -4.39. The zero-order valence-electron chi connectivity index (χ0n) is 19.3. The first-order valence-corrected chi connectivity index (χ1v) is 11.3. The third-order valence-electron chi connectivity index (χ3n) is 5.13. The Morgan fingerprint density at radius 3 is 1.66 bits per heavy atom. The molecule has 7 heteroatoms. The van der Waals surface area contributed by atoms with Gasteiger partial charge in [-0.05, 0) is 47.7 Å². The number of amides is 2. The molecular formula is C28H28N2O5. The Balaban J connectivity index is 1.67. The molecule has 35 heavy (non-hydrogen) atoms. The molecule has 2 amide bonds. The molecule has 0 radical (unpaired) electrons. The molecule has 0 bridgehead atoms. The zero-order chi connectivity index (χ0) is 24.9. The summed E-state index contributed by atoms with van der Waals surface area (Å²) in [6.07, 6.45) is 2.80. The maximum absolute atomic E-state index is 12.9. The largest absolute Gasteiger partial charge is 0.482 e. The first-order valence-electron chi connectivity index (χ1n) is 11.3. The van der Waals surface area contributed by atoms with Crippen molar-refractivity contribution in [2.24, 2.45) is 0 Å². The third-order valence-corrected chi connectivity index (χ3v) is 5.13. The number of carbonyl (C=O) groups excluding carboxylic acids is 2. The summed E-state index contributed by atoms with van der Waals surface area (Å²) in [6.45, 7) is 0.326. The van der Waals surface area contributed by atoms with E-state index in [0.29, 0.717) is 37.2 Å². The molecule has 0 fully saturated rings. The van der Waals surface area contributed by atoms with Gasteiger partial charge in [-0.15, -0.1) is 0 Å². The van der Waals surface area contributed by atoms with Gasteiger partial charge in [0, 0.05) is 13.1 Å². The number of hydrogen-bond donors (Lipinski definition) is 3. The van der Waals surface area contributed by atoms with Crippen LogP contribution in [-0.4, -0.2) is 42.6 Å². The van der Waals surface area contributed by atoms with Gasteiger partial charge in [-0.25, -0.2) is 4.79 Å². The molecule has 0 aliphatic rings. The quantitative estimate of drug-likeness (QED) is 0.213. The summed E-state index contributed by atoms with van der Waals surface area (Å²) in [5.74, 6) is -1.63. The maximum Gasteiger partial charge on any atom is 0.341 e. The fraction of sp³-hybridized carbons (Fsp3) is 0.179. The summed E-state index contributed by atoms with van der Waals surface area (Å²) in [5, 5.41) is 14.4. The smallest absolute Gasteiger partial charge is 0.341 e. The van der Waals surface area contributed by atoms with E-state index in [-0.39, 0.29) is 5.57 Å². The number of aliphatic carboxylic acids is 1. The fourth-order valence-corrected chi connectivity index (χ4v) is 3.33. The second-order valence-corrected chi connectivity index (χ2v) is 7.79. The van der Waals surface area contributed by atoms with E-state index in [0.717, 1.165) is 11.1 Å². The van der Waals surface area contributed by atoms with Crippen molar-refractivity contribution in [2.75, 3.05) is 19.7 Å². The van der Waals surface area contributed by atoms with E-state index in [4.69, 9.17) is 9.84 Å². The summed E-state index contributed by atoms with van der Waals surface area (Å²) in [4.78, 5) is 36.5. The lowest BCUT2D eigenvalue weighted by Crippen LogP contribution is -2.36. The van der Waals surface area contributed by atoms with Crippen molar-refractivity contribution in [3.8, 4) is 5.75 Å². The normalized spacial score (nSPS) is 10.2. The number of ether oxygens (including phenoxy) is 1. The maximum atomic E-state index is 12.9. The van der Waals surface area contributed by atoms with E-state index >= 15 is 0 Å². The number of hydrogen-bond acceptors (Lipinski definition) is 4. The molecule has 3 aromatic carbocycles. The first kappa shape index (κ1) is 25.2. The fourth-order valence-electron chi connectivity index (χ4n) is 3.33. The molecule has 0 saturated carbocycles. The van der Waals surface area contributed by atoms with Crippen LogP contribution in [0.2, 0.25) is 0 Å². The molecule has 0 atom stereocenters. The SMILES string of the molecule is O=C(O)COc1ccc(C=C(C(=O)NCCc2ccccc2)C(=O)NCCc2ccccc2)cc1. The highest BCUT2D eigenvalue weighted by atomic mass is 16.5. The predicted octanol–water partition coefficient (Wildman–Crippen LogP) is 3.25. The van der Waals surface area contributed by atoms with E-state index in [1.165, 1.54) is 6.08 Å². The van der Waals surface area contributed by atoms with Gasteiger partial charge in [0.2, 0.25) is 0 Å². The minimum absolute atomic E-state index is 0.00896. The molecule has 0 aromatic heterocycles. The number of nitrogens with one attached hydrogen (secondary N) is 2. The molecule has 3 N–H and O–H groups in total. The van der Waals surface area contributed by atoms with Gasteiger partial charge in [-0.1, -0.05) is 72.8 Å². The Morgan fingerprint density at radius 1 is 0.714 bits per heavy atom. The van der Waals surface area contributed by atoms with E-state index in [2.05, 4.69) is 10.6 Å². The van der Waals surface area contributed by atoms with Crippen LogP contribution >= 0.6 is 0 Å². The molecule has 0 aliphatic heterocycles. The van der Waals surface area contributed by atoms with Crippen LogP contribution in [0.15, 0.2) is 90.5 Å². The molecule has 0 heterocycles. The summed E-state index contributed by atoms with van der Waals surface area (Å²) >= 11 is 0. The average Bonchev–Trinajstić information content (AvgIpc) is 2.88. The van der Waals surface area contributed by atoms with Crippen LogP contribution < -0.4 is 15.4 Å². The van der Waals surface area contributed by atoms with Crippen molar-refractivity contribution >= 4 is 23.9 Å². The third kappa shape index (κ3) is 8.81. The molecule has 3 aromatic rings. The standard InChI is InChI=1S/C28H28N2O5/c31-26(32)20-35-24-13-11-23(12-14-24)19-25(27(33)29-17-15-21-7-3-1-4-8-21)28(34)30-18-16-22-9-5-2-6-10-22/h1-14,19H,15-18,20H2,(H,29,33)(H,30,34)(H,31,32). The summed E-state index contributed by atoms with van der Waals surface area (Å²) in [7, 11) is 0. The second kappa shape index (κ2) is 13.3. The molecule has 3 rings (SSSR count). The van der Waals surface area contributed by atoms with Crippen LogP contribution in [0.4, 0.5) is 0 Å². The first-order chi connectivity index (χ1) is 17.0. The summed E-state index contributed by atoms with van der Waals surface area (Å²) < 4.78 is 5.13. The van der Waals surface area contributed by atoms with E-state index in [9.17, 15) is 14.4 Å². The monoisotopic (exact) mass is 472 g/mol. The highest BCUT2D eigenvalue weighted by Gasteiger charge is 2.18. The van der Waals surface area contributed by atoms with Crippen LogP contribution in [0.1, 0.15) is 16.7 Å². The predicted molar refractivity (Wildman–Crippen MR) is 134 cm³/mol. The van der Waals surface area contributed by atoms with Crippen molar-refractivity contribution < 1.29 is 24.2 Å². The van der Waals surface area contributed by atoms with E-state index in [1.54, 1.807) is 24.3 Å². The Bertz CT molecular complexity index is 1080. The molecule has 7 nitrogen and oxygen atoms in total. The highest BCUT2D eigenvalue weighted by Crippen LogP contribution is 2.15. The Kier molecular flexibility index (Phi) is 9.63. The van der Waals surface area contributed by atoms with E-state index in [1.807, 2.05) is 60.7 Å². The minimum Gasteiger partial charge on any atom is -0.482 e. The van der Waals surface area contributed by atoms with Crippen molar-refractivity contribution in [2.45, 2.75) is 12.8 Å². The van der Waals surface area contributed by atoms with Gasteiger partial charge in [0.1, 0.15) is 11.3 Å². The number of rotatable bonds is 12. The number of carbonyl (C=O) groups is 3. The Labute approximate surface area is 204 Å². The van der Waals surface area contributed by atoms with Gasteiger partial charge >= 0.3 is 5.97 Å². The summed E-state index contributed by atoms with van der Waals surface area (Å²) in [5.41, 5.74) is 2.77. The van der Waals surface area contributed by atoms with Crippen LogP contribution in [0.3, 0.4) is 0 Å². The van der Waals surface area contributed by atoms with Gasteiger partial charge in [-0.3, -0.25) is 9.59 Å². The summed E-state index contributed by atoms with van der Waals surface area (Å²) in [6, 6.07) is 26.0. The zero-order valence-corrected chi connectivity index (χ0v) is 19.3. The van der Waals surface area contributed by atoms with Crippen LogP contribution in [0.25, 0.3) is 6.08 Å². The molecule has 0 aliphatic carbocycles. The van der Waals surface area contributed by atoms with Gasteiger partial charge in [0.15, 0.2) is 6.61 Å². The Morgan fingerprint density at radius 2 is 1.20 bits per heavy atom. The number of benzene rings is 3. The molecule has 0 unspecified atom stereocenters. The van der Waals surface area contributed by atoms with E-state index < -0.39 is 24.4 Å². The lowest BCUT2D eigenvalue weighted by molar-refractivity contribution is -0.139.